The first kappa shape index (κ1) is 14.8. The molecule has 0 fully saturated rings. The van der Waals surface area contributed by atoms with Crippen LogP contribution in [-0.4, -0.2) is 13.1 Å². The van der Waals surface area contributed by atoms with Crippen LogP contribution in [0.15, 0.2) is 18.2 Å². The lowest BCUT2D eigenvalue weighted by atomic mass is 10.1. The normalized spacial score (nSPS) is 10.4. The van der Waals surface area contributed by atoms with Gasteiger partial charge in [0.05, 0.1) is 12.5 Å². The summed E-state index contributed by atoms with van der Waals surface area (Å²) in [4.78, 5) is 2.03. The second-order valence-electron chi connectivity index (χ2n) is 4.70. The molecule has 0 heterocycles. The molecule has 0 N–H and O–H groups in total. The molecule has 0 spiro atoms. The summed E-state index contributed by atoms with van der Waals surface area (Å²) in [5.74, 6) is 0.457. The van der Waals surface area contributed by atoms with Crippen molar-refractivity contribution in [2.24, 2.45) is 5.92 Å². The van der Waals surface area contributed by atoms with E-state index in [-0.39, 0.29) is 5.82 Å². The van der Waals surface area contributed by atoms with Crippen LogP contribution >= 0.6 is 11.6 Å². The molecule has 0 amide bonds. The molecule has 98 valence electrons. The minimum Gasteiger partial charge on any atom is -0.370 e. The fourth-order valence-electron chi connectivity index (χ4n) is 1.84. The van der Waals surface area contributed by atoms with E-state index in [2.05, 4.69) is 19.9 Å². The average Bonchev–Trinajstić information content (AvgIpc) is 2.33. The molecule has 1 aromatic carbocycles. The summed E-state index contributed by atoms with van der Waals surface area (Å²) < 4.78 is 13.5. The van der Waals surface area contributed by atoms with Gasteiger partial charge in [-0.05, 0) is 29.7 Å². The first-order valence-corrected chi connectivity index (χ1v) is 6.57. The molecule has 1 rings (SSSR count). The summed E-state index contributed by atoms with van der Waals surface area (Å²) in [6.07, 6.45) is 0.430. The van der Waals surface area contributed by atoms with Crippen LogP contribution in [0.5, 0.6) is 0 Å². The highest BCUT2D eigenvalue weighted by molar-refractivity contribution is 6.17. The van der Waals surface area contributed by atoms with Crippen LogP contribution in [-0.2, 0) is 5.88 Å². The Morgan fingerprint density at radius 3 is 2.67 bits per heavy atom. The number of nitrogens with zero attached hydrogens (tertiary/aromatic N) is 2. The highest BCUT2D eigenvalue weighted by atomic mass is 35.5. The Kier molecular flexibility index (Phi) is 5.94. The summed E-state index contributed by atoms with van der Waals surface area (Å²) in [6, 6.07) is 6.94. The van der Waals surface area contributed by atoms with Gasteiger partial charge in [0.25, 0.3) is 0 Å². The van der Waals surface area contributed by atoms with Gasteiger partial charge < -0.3 is 4.90 Å². The van der Waals surface area contributed by atoms with Gasteiger partial charge in [-0.2, -0.15) is 5.26 Å². The minimum atomic E-state index is -0.283. The van der Waals surface area contributed by atoms with Crippen LogP contribution in [0.4, 0.5) is 10.1 Å². The molecule has 0 atom stereocenters. The monoisotopic (exact) mass is 268 g/mol. The molecule has 0 radical (unpaired) electrons. The zero-order valence-corrected chi connectivity index (χ0v) is 11.5. The zero-order valence-electron chi connectivity index (χ0n) is 10.8. The molecular weight excluding hydrogens is 251 g/mol. The highest BCUT2D eigenvalue weighted by Crippen LogP contribution is 2.21. The molecule has 0 bridgehead atoms. The van der Waals surface area contributed by atoms with Crippen molar-refractivity contribution in [2.75, 3.05) is 18.0 Å². The van der Waals surface area contributed by atoms with Gasteiger partial charge in [-0.15, -0.1) is 11.6 Å². The van der Waals surface area contributed by atoms with E-state index in [1.807, 2.05) is 11.0 Å². The van der Waals surface area contributed by atoms with Crippen LogP contribution in [0.1, 0.15) is 25.8 Å². The van der Waals surface area contributed by atoms with E-state index >= 15 is 0 Å². The van der Waals surface area contributed by atoms with E-state index in [1.165, 1.54) is 12.1 Å². The number of rotatable bonds is 6. The van der Waals surface area contributed by atoms with Gasteiger partial charge in [-0.3, -0.25) is 0 Å². The standard InChI is InChI=1S/C14H18ClFN2/c1-11(2)10-18(5-3-4-17)14-7-12(9-15)6-13(16)8-14/h6-8,11H,3,5,9-10H2,1-2H3. The van der Waals surface area contributed by atoms with E-state index in [0.29, 0.717) is 24.8 Å². The van der Waals surface area contributed by atoms with E-state index in [1.54, 1.807) is 0 Å². The lowest BCUT2D eigenvalue weighted by Crippen LogP contribution is -2.28. The molecule has 0 aromatic heterocycles. The Hall–Kier alpha value is -1.27. The second kappa shape index (κ2) is 7.23. The first-order valence-electron chi connectivity index (χ1n) is 6.04. The Bertz CT molecular complexity index is 426. The van der Waals surface area contributed by atoms with Gasteiger partial charge in [0.1, 0.15) is 5.82 Å². The molecule has 0 aliphatic rings. The number of anilines is 1. The largest absolute Gasteiger partial charge is 0.370 e. The van der Waals surface area contributed by atoms with Crippen molar-refractivity contribution in [3.8, 4) is 6.07 Å². The van der Waals surface area contributed by atoms with Gasteiger partial charge in [-0.25, -0.2) is 4.39 Å². The van der Waals surface area contributed by atoms with E-state index < -0.39 is 0 Å². The lowest BCUT2D eigenvalue weighted by Gasteiger charge is -2.26. The molecule has 0 saturated heterocycles. The summed E-state index contributed by atoms with van der Waals surface area (Å²) in [5, 5.41) is 8.68. The Morgan fingerprint density at radius 2 is 2.11 bits per heavy atom. The number of nitriles is 1. The molecular formula is C14H18ClFN2. The maximum atomic E-state index is 13.5. The highest BCUT2D eigenvalue weighted by Gasteiger charge is 2.10. The van der Waals surface area contributed by atoms with E-state index in [9.17, 15) is 4.39 Å². The maximum absolute atomic E-state index is 13.5. The fourth-order valence-corrected chi connectivity index (χ4v) is 2.00. The molecule has 4 heteroatoms. The molecule has 2 nitrogen and oxygen atoms in total. The summed E-state index contributed by atoms with van der Waals surface area (Å²) in [5.41, 5.74) is 1.56. The predicted molar refractivity (Wildman–Crippen MR) is 73.2 cm³/mol. The van der Waals surface area contributed by atoms with Crippen LogP contribution in [0, 0.1) is 23.1 Å². The number of hydrogen-bond acceptors (Lipinski definition) is 2. The Balaban J connectivity index is 2.96. The smallest absolute Gasteiger partial charge is 0.125 e. The summed E-state index contributed by atoms with van der Waals surface area (Å²) in [6.45, 7) is 5.61. The van der Waals surface area contributed by atoms with Gasteiger partial charge >= 0.3 is 0 Å². The van der Waals surface area contributed by atoms with Gasteiger partial charge in [0, 0.05) is 24.7 Å². The Morgan fingerprint density at radius 1 is 1.39 bits per heavy atom. The summed E-state index contributed by atoms with van der Waals surface area (Å²) >= 11 is 5.75. The maximum Gasteiger partial charge on any atom is 0.125 e. The predicted octanol–water partition coefficient (Wildman–Crippen LogP) is 3.94. The first-order chi connectivity index (χ1) is 8.56. The minimum absolute atomic E-state index is 0.283. The number of benzene rings is 1. The molecule has 0 saturated carbocycles. The van der Waals surface area contributed by atoms with E-state index in [0.717, 1.165) is 17.8 Å². The van der Waals surface area contributed by atoms with Crippen LogP contribution in [0.25, 0.3) is 0 Å². The second-order valence-corrected chi connectivity index (χ2v) is 4.97. The molecule has 0 aliphatic heterocycles. The molecule has 0 aliphatic carbocycles. The number of alkyl halides is 1. The quantitative estimate of drug-likeness (QED) is 0.731. The topological polar surface area (TPSA) is 27.0 Å². The van der Waals surface area contributed by atoms with Crippen LogP contribution in [0.3, 0.4) is 0 Å². The SMILES string of the molecule is CC(C)CN(CCC#N)c1cc(F)cc(CCl)c1. The molecule has 1 aromatic rings. The van der Waals surface area contributed by atoms with Crippen molar-refractivity contribution < 1.29 is 4.39 Å². The third-order valence-corrected chi connectivity index (χ3v) is 2.85. The van der Waals surface area contributed by atoms with Crippen molar-refractivity contribution >= 4 is 17.3 Å². The van der Waals surface area contributed by atoms with Crippen molar-refractivity contribution in [2.45, 2.75) is 26.1 Å². The average molecular weight is 269 g/mol. The molecule has 0 unspecified atom stereocenters. The number of hydrogen-bond donors (Lipinski definition) is 0. The van der Waals surface area contributed by atoms with Crippen molar-refractivity contribution in [1.29, 1.82) is 5.26 Å². The third kappa shape index (κ3) is 4.54. The summed E-state index contributed by atoms with van der Waals surface area (Å²) in [7, 11) is 0. The van der Waals surface area contributed by atoms with E-state index in [4.69, 9.17) is 16.9 Å². The van der Waals surface area contributed by atoms with Gasteiger partial charge in [-0.1, -0.05) is 13.8 Å². The molecule has 18 heavy (non-hydrogen) atoms. The van der Waals surface area contributed by atoms with Gasteiger partial charge in [0.2, 0.25) is 0 Å². The third-order valence-electron chi connectivity index (χ3n) is 2.54. The van der Waals surface area contributed by atoms with Crippen LogP contribution < -0.4 is 4.90 Å². The fraction of sp³-hybridized carbons (Fsp3) is 0.500. The van der Waals surface area contributed by atoms with Crippen molar-refractivity contribution in [3.05, 3.63) is 29.6 Å². The van der Waals surface area contributed by atoms with Crippen LogP contribution in [0.2, 0.25) is 0 Å². The van der Waals surface area contributed by atoms with Crippen molar-refractivity contribution in [1.82, 2.24) is 0 Å². The lowest BCUT2D eigenvalue weighted by molar-refractivity contribution is 0.603. The zero-order chi connectivity index (χ0) is 13.5. The van der Waals surface area contributed by atoms with Crippen molar-refractivity contribution in [3.63, 3.8) is 0 Å². The Labute approximate surface area is 113 Å². The number of halogens is 2. The van der Waals surface area contributed by atoms with Gasteiger partial charge in [0.15, 0.2) is 0 Å².